The number of halogens is 3. The van der Waals surface area contributed by atoms with E-state index in [0.29, 0.717) is 0 Å². The second kappa shape index (κ2) is 6.09. The van der Waals surface area contributed by atoms with Crippen LogP contribution in [0.25, 0.3) is 0 Å². The van der Waals surface area contributed by atoms with Crippen molar-refractivity contribution in [1.29, 1.82) is 0 Å². The van der Waals surface area contributed by atoms with Gasteiger partial charge in [0.25, 0.3) is 0 Å². The van der Waals surface area contributed by atoms with E-state index in [0.717, 1.165) is 12.1 Å². The first-order valence-corrected chi connectivity index (χ1v) is 7.78. The molecule has 0 fully saturated rings. The summed E-state index contributed by atoms with van der Waals surface area (Å²) in [7, 11) is 0. The highest BCUT2D eigenvalue weighted by Crippen LogP contribution is 2.42. The molecule has 2 rings (SSSR count). The predicted octanol–water partition coefficient (Wildman–Crippen LogP) is 3.80. The van der Waals surface area contributed by atoms with Gasteiger partial charge in [0.2, 0.25) is 0 Å². The Labute approximate surface area is 144 Å². The Bertz CT molecular complexity index is 665. The van der Waals surface area contributed by atoms with Crippen LogP contribution in [0.2, 0.25) is 0 Å². The topological polar surface area (TPSA) is 67.8 Å². The first kappa shape index (κ1) is 19.4. The van der Waals surface area contributed by atoms with Gasteiger partial charge in [-0.3, -0.25) is 0 Å². The number of aliphatic hydroxyl groups excluding tert-OH is 1. The number of benzene rings is 1. The molecular weight excluding hydrogens is 339 g/mol. The Morgan fingerprint density at radius 3 is 2.40 bits per heavy atom. The molecule has 1 aliphatic rings. The SMILES string of the molecule is CC(C)(C)OC(=O)NC1C(O)c2cc(C(F)(F)F)ccc2OC1(C)C. The number of carbonyl (C=O) groups is 1. The fourth-order valence-electron chi connectivity index (χ4n) is 2.64. The molecule has 0 saturated carbocycles. The van der Waals surface area contributed by atoms with Gasteiger partial charge in [-0.15, -0.1) is 0 Å². The van der Waals surface area contributed by atoms with Crippen LogP contribution in [0.3, 0.4) is 0 Å². The van der Waals surface area contributed by atoms with Gasteiger partial charge in [0.1, 0.15) is 29.1 Å². The normalized spacial score (nSPS) is 22.6. The molecule has 5 nitrogen and oxygen atoms in total. The standard InChI is InChI=1S/C17H22F3NO4/c1-15(2,3)25-14(23)21-13-12(22)10-8-9(17(18,19)20)6-7-11(10)24-16(13,4)5/h6-8,12-13,22H,1-5H3,(H,21,23). The number of rotatable bonds is 1. The van der Waals surface area contributed by atoms with Gasteiger partial charge in [-0.25, -0.2) is 4.79 Å². The summed E-state index contributed by atoms with van der Waals surface area (Å²) >= 11 is 0. The second-order valence-corrected chi connectivity index (χ2v) is 7.52. The number of hydrogen-bond donors (Lipinski definition) is 2. The summed E-state index contributed by atoms with van der Waals surface area (Å²) in [5.74, 6) is 0.146. The molecule has 1 aliphatic heterocycles. The van der Waals surface area contributed by atoms with Gasteiger partial charge < -0.3 is 19.9 Å². The quantitative estimate of drug-likeness (QED) is 0.798. The van der Waals surface area contributed by atoms with Crippen LogP contribution in [0.4, 0.5) is 18.0 Å². The predicted molar refractivity (Wildman–Crippen MR) is 84.3 cm³/mol. The van der Waals surface area contributed by atoms with Crippen LogP contribution in [-0.4, -0.2) is 28.4 Å². The maximum Gasteiger partial charge on any atom is 0.416 e. The van der Waals surface area contributed by atoms with Gasteiger partial charge >= 0.3 is 12.3 Å². The lowest BCUT2D eigenvalue weighted by atomic mass is 9.85. The summed E-state index contributed by atoms with van der Waals surface area (Å²) in [6.45, 7) is 8.28. The first-order chi connectivity index (χ1) is 11.2. The van der Waals surface area contributed by atoms with E-state index < -0.39 is 41.2 Å². The molecule has 140 valence electrons. The number of aliphatic hydroxyl groups is 1. The van der Waals surface area contributed by atoms with Gasteiger partial charge in [0.15, 0.2) is 0 Å². The van der Waals surface area contributed by atoms with E-state index in [1.54, 1.807) is 34.6 Å². The third-order valence-corrected chi connectivity index (χ3v) is 3.77. The van der Waals surface area contributed by atoms with Crippen molar-refractivity contribution in [3.05, 3.63) is 29.3 Å². The fraction of sp³-hybridized carbons (Fsp3) is 0.588. The highest BCUT2D eigenvalue weighted by molar-refractivity contribution is 5.68. The highest BCUT2D eigenvalue weighted by atomic mass is 19.4. The smallest absolute Gasteiger partial charge is 0.416 e. The van der Waals surface area contributed by atoms with Gasteiger partial charge in [-0.2, -0.15) is 13.2 Å². The Kier molecular flexibility index (Phi) is 4.71. The number of carbonyl (C=O) groups excluding carboxylic acids is 1. The van der Waals surface area contributed by atoms with Crippen LogP contribution in [0, 0.1) is 0 Å². The summed E-state index contributed by atoms with van der Waals surface area (Å²) in [6.07, 6.45) is -6.72. The monoisotopic (exact) mass is 361 g/mol. The number of fused-ring (bicyclic) bond motifs is 1. The van der Waals surface area contributed by atoms with Gasteiger partial charge in [-0.05, 0) is 52.8 Å². The molecule has 1 amide bonds. The molecule has 0 radical (unpaired) electrons. The van der Waals surface area contributed by atoms with Crippen LogP contribution in [0.1, 0.15) is 51.8 Å². The van der Waals surface area contributed by atoms with E-state index in [-0.39, 0.29) is 11.3 Å². The minimum atomic E-state index is -4.55. The van der Waals surface area contributed by atoms with Crippen LogP contribution in [0.5, 0.6) is 5.75 Å². The van der Waals surface area contributed by atoms with E-state index in [9.17, 15) is 23.1 Å². The Morgan fingerprint density at radius 1 is 1.28 bits per heavy atom. The van der Waals surface area contributed by atoms with E-state index >= 15 is 0 Å². The summed E-state index contributed by atoms with van der Waals surface area (Å²) in [4.78, 5) is 12.0. The van der Waals surface area contributed by atoms with E-state index in [1.807, 2.05) is 0 Å². The largest absolute Gasteiger partial charge is 0.485 e. The Balaban J connectivity index is 2.33. The van der Waals surface area contributed by atoms with E-state index in [4.69, 9.17) is 9.47 Å². The second-order valence-electron chi connectivity index (χ2n) is 7.52. The summed E-state index contributed by atoms with van der Waals surface area (Å²) in [6, 6.07) is 1.91. The average Bonchev–Trinajstić information content (AvgIpc) is 2.39. The molecule has 8 heteroatoms. The number of alkyl carbamates (subject to hydrolysis) is 1. The molecular formula is C17H22F3NO4. The van der Waals surface area contributed by atoms with E-state index in [1.165, 1.54) is 6.07 Å². The van der Waals surface area contributed by atoms with Crippen molar-refractivity contribution >= 4 is 6.09 Å². The van der Waals surface area contributed by atoms with Crippen LogP contribution in [-0.2, 0) is 10.9 Å². The van der Waals surface area contributed by atoms with Crippen molar-refractivity contribution in [2.75, 3.05) is 0 Å². The zero-order chi connectivity index (χ0) is 19.2. The minimum Gasteiger partial charge on any atom is -0.485 e. The molecule has 0 spiro atoms. The lowest BCUT2D eigenvalue weighted by Gasteiger charge is -2.43. The van der Waals surface area contributed by atoms with Crippen LogP contribution >= 0.6 is 0 Å². The molecule has 0 aliphatic carbocycles. The van der Waals surface area contributed by atoms with Crippen molar-refractivity contribution in [2.24, 2.45) is 0 Å². The van der Waals surface area contributed by atoms with Gasteiger partial charge in [-0.1, -0.05) is 0 Å². The number of ether oxygens (including phenoxy) is 2. The Morgan fingerprint density at radius 2 is 1.88 bits per heavy atom. The van der Waals surface area contributed by atoms with Crippen molar-refractivity contribution in [2.45, 2.75) is 64.1 Å². The third-order valence-electron chi connectivity index (χ3n) is 3.77. The molecule has 1 aromatic rings. The number of amides is 1. The first-order valence-electron chi connectivity index (χ1n) is 7.78. The number of nitrogens with one attached hydrogen (secondary N) is 1. The van der Waals surface area contributed by atoms with Crippen molar-refractivity contribution < 1.29 is 32.5 Å². The van der Waals surface area contributed by atoms with Crippen LogP contribution < -0.4 is 10.1 Å². The molecule has 1 heterocycles. The minimum absolute atomic E-state index is 0.0322. The maximum atomic E-state index is 12.9. The molecule has 2 N–H and O–H groups in total. The van der Waals surface area contributed by atoms with Crippen molar-refractivity contribution in [3.63, 3.8) is 0 Å². The molecule has 25 heavy (non-hydrogen) atoms. The fourth-order valence-corrected chi connectivity index (χ4v) is 2.64. The van der Waals surface area contributed by atoms with Gasteiger partial charge in [0, 0.05) is 5.56 Å². The zero-order valence-electron chi connectivity index (χ0n) is 14.7. The summed E-state index contributed by atoms with van der Waals surface area (Å²) < 4.78 is 49.6. The highest BCUT2D eigenvalue weighted by Gasteiger charge is 2.45. The molecule has 0 aromatic heterocycles. The zero-order valence-corrected chi connectivity index (χ0v) is 14.7. The molecule has 2 atom stereocenters. The molecule has 0 bridgehead atoms. The van der Waals surface area contributed by atoms with Gasteiger partial charge in [0.05, 0.1) is 5.56 Å². The van der Waals surface area contributed by atoms with Crippen molar-refractivity contribution in [3.8, 4) is 5.75 Å². The number of alkyl halides is 3. The lowest BCUT2D eigenvalue weighted by molar-refractivity contribution is -0.137. The number of hydrogen-bond acceptors (Lipinski definition) is 4. The molecule has 0 saturated heterocycles. The lowest BCUT2D eigenvalue weighted by Crippen LogP contribution is -2.58. The maximum absolute atomic E-state index is 12.9. The molecule has 1 aromatic carbocycles. The van der Waals surface area contributed by atoms with Crippen molar-refractivity contribution in [1.82, 2.24) is 5.32 Å². The van der Waals surface area contributed by atoms with E-state index in [2.05, 4.69) is 5.32 Å². The van der Waals surface area contributed by atoms with Crippen LogP contribution in [0.15, 0.2) is 18.2 Å². The molecule has 2 unspecified atom stereocenters. The average molecular weight is 361 g/mol. The third kappa shape index (κ3) is 4.36. The Hall–Kier alpha value is -1.96. The summed E-state index contributed by atoms with van der Waals surface area (Å²) in [5, 5.41) is 13.1. The summed E-state index contributed by atoms with van der Waals surface area (Å²) in [5.41, 5.74) is -2.74.